The van der Waals surface area contributed by atoms with Gasteiger partial charge in [0.05, 0.1) is 12.3 Å². The van der Waals surface area contributed by atoms with Gasteiger partial charge < -0.3 is 20.5 Å². The van der Waals surface area contributed by atoms with Gasteiger partial charge in [0, 0.05) is 27.8 Å². The number of nitrogens with one attached hydrogen (secondary N) is 2. The van der Waals surface area contributed by atoms with E-state index in [1.54, 1.807) is 19.1 Å². The Balaban J connectivity index is 1.99. The first kappa shape index (κ1) is 22.8. The highest BCUT2D eigenvalue weighted by molar-refractivity contribution is 9.10. The maximum atomic E-state index is 12.6. The monoisotopic (exact) mass is 496 g/mol. The van der Waals surface area contributed by atoms with Crippen LogP contribution in [0.2, 0.25) is 0 Å². The van der Waals surface area contributed by atoms with Crippen LogP contribution in [0.4, 0.5) is 30.6 Å². The van der Waals surface area contributed by atoms with Crippen molar-refractivity contribution >= 4 is 33.4 Å². The van der Waals surface area contributed by atoms with Crippen molar-refractivity contribution in [3.8, 4) is 17.0 Å². The molecule has 6 nitrogen and oxygen atoms in total. The number of halogens is 4. The van der Waals surface area contributed by atoms with E-state index in [0.29, 0.717) is 17.1 Å². The fourth-order valence-corrected chi connectivity index (χ4v) is 2.96. The molecule has 3 rings (SSSR count). The van der Waals surface area contributed by atoms with Crippen LogP contribution in [0.25, 0.3) is 11.3 Å². The number of ether oxygens (including phenoxy) is 1. The van der Waals surface area contributed by atoms with Crippen molar-refractivity contribution in [1.29, 1.82) is 0 Å². The molecule has 2 aromatic carbocycles. The summed E-state index contributed by atoms with van der Waals surface area (Å²) in [5.41, 5.74) is 2.59. The van der Waals surface area contributed by atoms with Gasteiger partial charge in [-0.25, -0.2) is 4.98 Å². The van der Waals surface area contributed by atoms with E-state index in [0.717, 1.165) is 15.7 Å². The van der Waals surface area contributed by atoms with E-state index < -0.39 is 6.36 Å². The van der Waals surface area contributed by atoms with E-state index in [9.17, 15) is 18.3 Å². The molecule has 1 atom stereocenters. The van der Waals surface area contributed by atoms with Crippen molar-refractivity contribution in [3.05, 3.63) is 58.6 Å². The highest BCUT2D eigenvalue weighted by atomic mass is 79.9. The summed E-state index contributed by atoms with van der Waals surface area (Å²) >= 11 is 3.45. The van der Waals surface area contributed by atoms with Crippen LogP contribution in [0.1, 0.15) is 12.5 Å². The third-order valence-electron chi connectivity index (χ3n) is 4.17. The van der Waals surface area contributed by atoms with Crippen molar-refractivity contribution in [1.82, 2.24) is 9.97 Å². The number of hydrogen-bond acceptors (Lipinski definition) is 6. The van der Waals surface area contributed by atoms with Gasteiger partial charge in [0.15, 0.2) is 0 Å². The summed E-state index contributed by atoms with van der Waals surface area (Å²) in [5.74, 6) is 0.305. The Kier molecular flexibility index (Phi) is 7.01. The van der Waals surface area contributed by atoms with Crippen molar-refractivity contribution in [2.45, 2.75) is 26.3 Å². The predicted octanol–water partition coefficient (Wildman–Crippen LogP) is 5.65. The molecule has 10 heteroatoms. The maximum Gasteiger partial charge on any atom is 0.573 e. The zero-order chi connectivity index (χ0) is 22.6. The number of aliphatic hydroxyl groups is 1. The summed E-state index contributed by atoms with van der Waals surface area (Å²) in [6.45, 7) is 3.55. The number of rotatable bonds is 7. The molecule has 0 fully saturated rings. The lowest BCUT2D eigenvalue weighted by Gasteiger charge is -2.15. The third kappa shape index (κ3) is 6.56. The van der Waals surface area contributed by atoms with E-state index in [1.165, 1.54) is 18.2 Å². The average molecular weight is 497 g/mol. The second-order valence-corrected chi connectivity index (χ2v) is 7.71. The lowest BCUT2D eigenvalue weighted by Crippen LogP contribution is -2.21. The van der Waals surface area contributed by atoms with E-state index >= 15 is 0 Å². The van der Waals surface area contributed by atoms with Crippen LogP contribution in [0.15, 0.2) is 53.0 Å². The van der Waals surface area contributed by atoms with E-state index in [-0.39, 0.29) is 24.3 Å². The lowest BCUT2D eigenvalue weighted by atomic mass is 10.1. The van der Waals surface area contributed by atoms with Crippen molar-refractivity contribution in [2.75, 3.05) is 17.2 Å². The van der Waals surface area contributed by atoms with Crippen LogP contribution in [0.3, 0.4) is 0 Å². The second-order valence-electron chi connectivity index (χ2n) is 6.85. The van der Waals surface area contributed by atoms with Gasteiger partial charge in [-0.05, 0) is 49.7 Å². The highest BCUT2D eigenvalue weighted by Crippen LogP contribution is 2.30. The standard InChI is InChI=1S/C21H20BrF3N4O2/c1-12-8-15(6-7-17(12)22)27-19-10-18(28-20(29-19)26-13(2)11-30)14-4-3-5-16(9-14)31-21(23,24)25/h3-10,13,30H,11H2,1-2H3,(H2,26,27,28,29)/t13-/m1/s1. The van der Waals surface area contributed by atoms with Gasteiger partial charge >= 0.3 is 6.36 Å². The second kappa shape index (κ2) is 9.52. The van der Waals surface area contributed by atoms with Gasteiger partial charge in [-0.3, -0.25) is 0 Å². The molecule has 0 aliphatic carbocycles. The molecule has 3 N–H and O–H groups in total. The van der Waals surface area contributed by atoms with Gasteiger partial charge in [-0.1, -0.05) is 28.1 Å². The van der Waals surface area contributed by atoms with Gasteiger partial charge in [0.2, 0.25) is 5.95 Å². The topological polar surface area (TPSA) is 79.3 Å². The van der Waals surface area contributed by atoms with Crippen molar-refractivity contribution in [3.63, 3.8) is 0 Å². The minimum atomic E-state index is -4.79. The highest BCUT2D eigenvalue weighted by Gasteiger charge is 2.31. The van der Waals surface area contributed by atoms with Gasteiger partial charge in [0.25, 0.3) is 0 Å². The largest absolute Gasteiger partial charge is 0.573 e. The number of aromatic nitrogens is 2. The smallest absolute Gasteiger partial charge is 0.406 e. The number of benzene rings is 2. The normalized spacial score (nSPS) is 12.4. The number of aliphatic hydroxyl groups excluding tert-OH is 1. The lowest BCUT2D eigenvalue weighted by molar-refractivity contribution is -0.274. The van der Waals surface area contributed by atoms with Gasteiger partial charge in [0.1, 0.15) is 11.6 Å². The summed E-state index contributed by atoms with van der Waals surface area (Å²) in [6.07, 6.45) is -4.79. The molecule has 1 heterocycles. The average Bonchev–Trinajstić information content (AvgIpc) is 2.69. The molecule has 0 saturated heterocycles. The maximum absolute atomic E-state index is 12.6. The van der Waals surface area contributed by atoms with Crippen LogP contribution in [-0.4, -0.2) is 34.1 Å². The quantitative estimate of drug-likeness (QED) is 0.392. The molecular formula is C21H20BrF3N4O2. The van der Waals surface area contributed by atoms with Crippen molar-refractivity contribution < 1.29 is 23.0 Å². The first-order valence-corrected chi connectivity index (χ1v) is 10.1. The minimum Gasteiger partial charge on any atom is -0.406 e. The van der Waals surface area contributed by atoms with Crippen LogP contribution in [-0.2, 0) is 0 Å². The third-order valence-corrected chi connectivity index (χ3v) is 5.06. The Bertz CT molecular complexity index is 1060. The molecule has 0 spiro atoms. The number of hydrogen-bond donors (Lipinski definition) is 3. The molecule has 164 valence electrons. The first-order chi connectivity index (χ1) is 14.6. The summed E-state index contributed by atoms with van der Waals surface area (Å²) in [6, 6.07) is 12.5. The molecule has 31 heavy (non-hydrogen) atoms. The Labute approximate surface area is 185 Å². The fraction of sp³-hybridized carbons (Fsp3) is 0.238. The molecule has 0 unspecified atom stereocenters. The molecular weight excluding hydrogens is 477 g/mol. The Morgan fingerprint density at radius 3 is 2.58 bits per heavy atom. The van der Waals surface area contributed by atoms with E-state index in [2.05, 4.69) is 41.3 Å². The molecule has 0 bridgehead atoms. The molecule has 0 amide bonds. The summed E-state index contributed by atoms with van der Waals surface area (Å²) in [5, 5.41) is 15.5. The zero-order valence-electron chi connectivity index (χ0n) is 16.7. The molecule has 0 saturated carbocycles. The minimum absolute atomic E-state index is 0.142. The zero-order valence-corrected chi connectivity index (χ0v) is 18.3. The van der Waals surface area contributed by atoms with Gasteiger partial charge in [-0.15, -0.1) is 13.2 Å². The van der Waals surface area contributed by atoms with E-state index in [1.807, 2.05) is 25.1 Å². The van der Waals surface area contributed by atoms with Crippen LogP contribution in [0, 0.1) is 6.92 Å². The van der Waals surface area contributed by atoms with Crippen LogP contribution >= 0.6 is 15.9 Å². The number of nitrogens with zero attached hydrogens (tertiary/aromatic N) is 2. The molecule has 0 aliphatic rings. The molecule has 1 aromatic heterocycles. The summed E-state index contributed by atoms with van der Waals surface area (Å²) < 4.78 is 42.8. The Morgan fingerprint density at radius 1 is 1.13 bits per heavy atom. The Hall–Kier alpha value is -2.85. The number of alkyl halides is 3. The fourth-order valence-electron chi connectivity index (χ4n) is 2.71. The van der Waals surface area contributed by atoms with E-state index in [4.69, 9.17) is 0 Å². The first-order valence-electron chi connectivity index (χ1n) is 9.29. The summed E-state index contributed by atoms with van der Waals surface area (Å²) in [7, 11) is 0. The Morgan fingerprint density at radius 2 is 1.90 bits per heavy atom. The molecule has 0 aliphatic heterocycles. The molecule has 0 radical (unpaired) electrons. The molecule has 3 aromatic rings. The number of anilines is 3. The predicted molar refractivity (Wildman–Crippen MR) is 116 cm³/mol. The van der Waals surface area contributed by atoms with Crippen molar-refractivity contribution in [2.24, 2.45) is 0 Å². The SMILES string of the molecule is Cc1cc(Nc2cc(-c3cccc(OC(F)(F)F)c3)nc(N[C@H](C)CO)n2)ccc1Br. The van der Waals surface area contributed by atoms with Gasteiger partial charge in [-0.2, -0.15) is 4.98 Å². The van der Waals surface area contributed by atoms with Crippen LogP contribution < -0.4 is 15.4 Å². The van der Waals surface area contributed by atoms with Crippen LogP contribution in [0.5, 0.6) is 5.75 Å². The number of aryl methyl sites for hydroxylation is 1. The summed E-state index contributed by atoms with van der Waals surface area (Å²) in [4.78, 5) is 8.79.